The minimum absolute atomic E-state index is 0.0466. The highest BCUT2D eigenvalue weighted by Gasteiger charge is 2.54. The molecule has 6 rings (SSSR count). The molecular formula is C26H30F3N5O. The smallest absolute Gasteiger partial charge is 0.405 e. The molecule has 0 aliphatic heterocycles. The van der Waals surface area contributed by atoms with Crippen molar-refractivity contribution in [2.75, 3.05) is 17.2 Å². The average Bonchev–Trinajstić information content (AvgIpc) is 2.81. The van der Waals surface area contributed by atoms with Gasteiger partial charge < -0.3 is 15.4 Å². The van der Waals surface area contributed by atoms with Gasteiger partial charge in [0.1, 0.15) is 23.2 Å². The fraction of sp³-hybridized carbons (Fsp3) is 0.577. The molecule has 2 unspecified atom stereocenters. The number of aromatic nitrogens is 2. The Labute approximate surface area is 203 Å². The Balaban J connectivity index is 1.27. The van der Waals surface area contributed by atoms with E-state index in [9.17, 15) is 18.4 Å². The minimum Gasteiger partial charge on any atom is -0.405 e. The van der Waals surface area contributed by atoms with Crippen molar-refractivity contribution in [3.63, 3.8) is 0 Å². The lowest BCUT2D eigenvalue weighted by atomic mass is 9.46. The topological polar surface area (TPSA) is 82.9 Å². The van der Waals surface area contributed by atoms with Crippen LogP contribution < -0.4 is 15.4 Å². The van der Waals surface area contributed by atoms with E-state index in [-0.39, 0.29) is 23.7 Å². The first-order valence-corrected chi connectivity index (χ1v) is 12.4. The van der Waals surface area contributed by atoms with Crippen molar-refractivity contribution in [2.45, 2.75) is 58.4 Å². The number of ether oxygens (including phenoxy) is 1. The molecule has 0 saturated heterocycles. The lowest BCUT2D eigenvalue weighted by molar-refractivity contribution is -0.274. The Bertz CT molecular complexity index is 1100. The van der Waals surface area contributed by atoms with E-state index in [1.54, 1.807) is 12.1 Å². The highest BCUT2D eigenvalue weighted by Crippen LogP contribution is 2.62. The van der Waals surface area contributed by atoms with Gasteiger partial charge in [0, 0.05) is 18.7 Å². The van der Waals surface area contributed by atoms with Gasteiger partial charge in [-0.1, -0.05) is 31.5 Å². The normalized spacial score (nSPS) is 29.0. The van der Waals surface area contributed by atoms with E-state index >= 15 is 0 Å². The van der Waals surface area contributed by atoms with Crippen LogP contribution in [0, 0.1) is 40.4 Å². The number of alkyl halides is 3. The van der Waals surface area contributed by atoms with Gasteiger partial charge in [-0.25, -0.2) is 4.98 Å². The molecule has 0 amide bonds. The van der Waals surface area contributed by atoms with Gasteiger partial charge in [-0.3, -0.25) is 0 Å². The lowest BCUT2D eigenvalue weighted by Crippen LogP contribution is -2.53. The number of nitriles is 1. The Kier molecular flexibility index (Phi) is 6.24. The zero-order valence-corrected chi connectivity index (χ0v) is 19.7. The maximum atomic E-state index is 12.7. The maximum Gasteiger partial charge on any atom is 0.573 e. The maximum absolute atomic E-state index is 12.7. The molecule has 0 radical (unpaired) electrons. The summed E-state index contributed by atoms with van der Waals surface area (Å²) in [6.07, 6.45) is 4.37. The first-order chi connectivity index (χ1) is 16.8. The summed E-state index contributed by atoms with van der Waals surface area (Å²) in [7, 11) is 0. The number of anilines is 2. The van der Waals surface area contributed by atoms with Crippen LogP contribution in [0.3, 0.4) is 0 Å². The van der Waals surface area contributed by atoms with Crippen LogP contribution in [0.15, 0.2) is 30.5 Å². The molecule has 6 nitrogen and oxygen atoms in total. The van der Waals surface area contributed by atoms with Crippen molar-refractivity contribution in [2.24, 2.45) is 29.1 Å². The Morgan fingerprint density at radius 3 is 2.57 bits per heavy atom. The van der Waals surface area contributed by atoms with Crippen LogP contribution in [0.25, 0.3) is 0 Å². The third-order valence-electron chi connectivity index (χ3n) is 8.24. The number of para-hydroxylation sites is 1. The van der Waals surface area contributed by atoms with E-state index in [0.717, 1.165) is 30.2 Å². The molecule has 2 N–H and O–H groups in total. The third kappa shape index (κ3) is 5.02. The van der Waals surface area contributed by atoms with E-state index in [2.05, 4.69) is 38.3 Å². The number of nitrogens with zero attached hydrogens (tertiary/aromatic N) is 3. The molecule has 4 saturated carbocycles. The van der Waals surface area contributed by atoms with Gasteiger partial charge in [0.25, 0.3) is 0 Å². The van der Waals surface area contributed by atoms with Gasteiger partial charge in [0.15, 0.2) is 0 Å². The molecule has 2 atom stereocenters. The fourth-order valence-corrected chi connectivity index (χ4v) is 7.18. The molecule has 2 aromatic rings. The summed E-state index contributed by atoms with van der Waals surface area (Å²) < 4.78 is 42.2. The minimum atomic E-state index is -4.77. The van der Waals surface area contributed by atoms with Crippen LogP contribution in [0.1, 0.15) is 56.6 Å². The number of benzene rings is 1. The predicted molar refractivity (Wildman–Crippen MR) is 125 cm³/mol. The van der Waals surface area contributed by atoms with E-state index in [0.29, 0.717) is 16.9 Å². The summed E-state index contributed by atoms with van der Waals surface area (Å²) in [4.78, 5) is 8.67. The van der Waals surface area contributed by atoms with Gasteiger partial charge in [-0.05, 0) is 67.3 Å². The largest absolute Gasteiger partial charge is 0.573 e. The summed E-state index contributed by atoms with van der Waals surface area (Å²) in [5.74, 6) is 3.72. The van der Waals surface area contributed by atoms with Gasteiger partial charge in [-0.15, -0.1) is 13.2 Å². The van der Waals surface area contributed by atoms with Gasteiger partial charge in [0.05, 0.1) is 6.20 Å². The molecule has 4 aliphatic rings. The number of nitrogens with one attached hydrogen (secondary N) is 2. The Morgan fingerprint density at radius 1 is 1.14 bits per heavy atom. The SMILES string of the molecule is CCC1C2CC3CC1CC(CNc1nc(NCc4ccccc4OC(F)(F)F)ncc1C#N)(C3)C2. The monoisotopic (exact) mass is 485 g/mol. The number of rotatable bonds is 8. The molecular weight excluding hydrogens is 455 g/mol. The molecule has 1 heterocycles. The number of hydrogen-bond donors (Lipinski definition) is 2. The standard InChI is InChI=1S/C26H30F3N5O/c1-2-21-18-7-16-8-19(21)11-25(9-16,10-18)15-33-23-20(12-30)14-32-24(34-23)31-13-17-5-3-4-6-22(17)35-26(27,28)29/h3-6,14,16,18-19,21H,2,7-11,13,15H2,1H3,(H2,31,32,33,34). The zero-order chi connectivity index (χ0) is 24.6. The van der Waals surface area contributed by atoms with Crippen LogP contribution in [0.4, 0.5) is 24.9 Å². The molecule has 4 bridgehead atoms. The highest BCUT2D eigenvalue weighted by molar-refractivity contribution is 5.53. The lowest BCUT2D eigenvalue weighted by Gasteiger charge is -2.60. The zero-order valence-electron chi connectivity index (χ0n) is 19.7. The van der Waals surface area contributed by atoms with Crippen molar-refractivity contribution in [3.8, 4) is 11.8 Å². The van der Waals surface area contributed by atoms with Gasteiger partial charge >= 0.3 is 6.36 Å². The van der Waals surface area contributed by atoms with Gasteiger partial charge in [0.2, 0.25) is 5.95 Å². The van der Waals surface area contributed by atoms with E-state index in [1.807, 2.05) is 0 Å². The first kappa shape index (κ1) is 23.7. The summed E-state index contributed by atoms with van der Waals surface area (Å²) in [6.45, 7) is 3.14. The second-order valence-corrected chi connectivity index (χ2v) is 10.5. The van der Waals surface area contributed by atoms with Crippen LogP contribution >= 0.6 is 0 Å². The summed E-state index contributed by atoms with van der Waals surface area (Å²) in [5.41, 5.74) is 0.931. The summed E-state index contributed by atoms with van der Waals surface area (Å²) in [5, 5.41) is 16.0. The number of hydrogen-bond acceptors (Lipinski definition) is 6. The average molecular weight is 486 g/mol. The summed E-state index contributed by atoms with van der Waals surface area (Å²) in [6, 6.07) is 8.09. The third-order valence-corrected chi connectivity index (χ3v) is 8.24. The van der Waals surface area contributed by atoms with Crippen molar-refractivity contribution < 1.29 is 17.9 Å². The van der Waals surface area contributed by atoms with Crippen LogP contribution in [-0.2, 0) is 6.54 Å². The predicted octanol–water partition coefficient (Wildman–Crippen LogP) is 6.12. The molecule has 1 aromatic heterocycles. The molecule has 1 aromatic carbocycles. The Morgan fingerprint density at radius 2 is 1.89 bits per heavy atom. The Hall–Kier alpha value is -3.02. The fourth-order valence-electron chi connectivity index (χ4n) is 7.18. The van der Waals surface area contributed by atoms with E-state index < -0.39 is 6.36 Å². The second-order valence-electron chi connectivity index (χ2n) is 10.5. The molecule has 9 heteroatoms. The van der Waals surface area contributed by atoms with Crippen molar-refractivity contribution in [1.29, 1.82) is 5.26 Å². The van der Waals surface area contributed by atoms with Crippen LogP contribution in [0.2, 0.25) is 0 Å². The summed E-state index contributed by atoms with van der Waals surface area (Å²) >= 11 is 0. The molecule has 0 spiro atoms. The number of halogens is 3. The van der Waals surface area contributed by atoms with Gasteiger partial charge in [-0.2, -0.15) is 10.2 Å². The molecule has 35 heavy (non-hydrogen) atoms. The van der Waals surface area contributed by atoms with Crippen molar-refractivity contribution >= 4 is 11.8 Å². The van der Waals surface area contributed by atoms with Crippen LogP contribution in [-0.4, -0.2) is 22.9 Å². The second kappa shape index (κ2) is 9.21. The van der Waals surface area contributed by atoms with Crippen LogP contribution in [0.5, 0.6) is 5.75 Å². The molecule has 186 valence electrons. The highest BCUT2D eigenvalue weighted by atomic mass is 19.4. The quantitative estimate of drug-likeness (QED) is 0.469. The first-order valence-electron chi connectivity index (χ1n) is 12.4. The molecule has 4 aliphatic carbocycles. The molecule has 4 fully saturated rings. The van der Waals surface area contributed by atoms with E-state index in [4.69, 9.17) is 0 Å². The van der Waals surface area contributed by atoms with Crippen molar-refractivity contribution in [3.05, 3.63) is 41.6 Å². The van der Waals surface area contributed by atoms with E-state index in [1.165, 1.54) is 56.9 Å². The van der Waals surface area contributed by atoms with Crippen molar-refractivity contribution in [1.82, 2.24) is 9.97 Å².